The number of carbonyl (C=O) groups is 2. The van der Waals surface area contributed by atoms with E-state index in [4.69, 9.17) is 11.6 Å². The lowest BCUT2D eigenvalue weighted by Crippen LogP contribution is -2.38. The van der Waals surface area contributed by atoms with Gasteiger partial charge in [-0.1, -0.05) is 11.6 Å². The van der Waals surface area contributed by atoms with E-state index < -0.39 is 5.82 Å². The van der Waals surface area contributed by atoms with Crippen molar-refractivity contribution in [3.05, 3.63) is 41.2 Å². The van der Waals surface area contributed by atoms with Gasteiger partial charge in [0.25, 0.3) is 5.91 Å². The first-order valence-corrected chi connectivity index (χ1v) is 9.28. The molecule has 0 aliphatic heterocycles. The van der Waals surface area contributed by atoms with Crippen LogP contribution in [0.25, 0.3) is 0 Å². The number of H-pyrrole nitrogens is 1. The van der Waals surface area contributed by atoms with Gasteiger partial charge in [-0.3, -0.25) is 14.7 Å². The summed E-state index contributed by atoms with van der Waals surface area (Å²) in [5, 5.41) is 9.41. The van der Waals surface area contributed by atoms with E-state index in [9.17, 15) is 14.0 Å². The van der Waals surface area contributed by atoms with E-state index in [1.165, 1.54) is 29.4 Å². The average Bonchev–Trinajstić information content (AvgIpc) is 3.20. The highest BCUT2D eigenvalue weighted by molar-refractivity contribution is 6.33. The third-order valence-corrected chi connectivity index (χ3v) is 5.24. The third kappa shape index (κ3) is 5.03. The molecule has 7 nitrogen and oxygen atoms in total. The Kier molecular flexibility index (Phi) is 6.39. The van der Waals surface area contributed by atoms with Gasteiger partial charge in [-0.15, -0.1) is 0 Å². The quantitative estimate of drug-likeness (QED) is 0.707. The molecule has 2 N–H and O–H groups in total. The SMILES string of the molecule is O=CN(CCC1CCC(NC(=O)c2ncn[nH]2)CC1)c1ccc(F)cc1Cl. The monoisotopic (exact) mass is 393 g/mol. The van der Waals surface area contributed by atoms with Gasteiger partial charge in [-0.25, -0.2) is 9.37 Å². The Morgan fingerprint density at radius 3 is 2.78 bits per heavy atom. The maximum Gasteiger partial charge on any atom is 0.288 e. The molecule has 27 heavy (non-hydrogen) atoms. The first-order valence-electron chi connectivity index (χ1n) is 8.90. The average molecular weight is 394 g/mol. The van der Waals surface area contributed by atoms with E-state index in [-0.39, 0.29) is 22.8 Å². The van der Waals surface area contributed by atoms with Crippen LogP contribution in [0.3, 0.4) is 0 Å². The molecule has 2 amide bonds. The molecule has 0 spiro atoms. The number of amides is 2. The molecule has 1 aliphatic carbocycles. The van der Waals surface area contributed by atoms with E-state index in [1.54, 1.807) is 0 Å². The highest BCUT2D eigenvalue weighted by Gasteiger charge is 2.24. The van der Waals surface area contributed by atoms with Crippen molar-refractivity contribution in [2.75, 3.05) is 11.4 Å². The highest BCUT2D eigenvalue weighted by atomic mass is 35.5. The fraction of sp³-hybridized carbons (Fsp3) is 0.444. The van der Waals surface area contributed by atoms with Crippen LogP contribution in [-0.4, -0.2) is 40.1 Å². The standard InChI is InChI=1S/C18H21ClFN5O2/c19-15-9-13(20)3-6-16(15)25(11-26)8-7-12-1-4-14(5-2-12)23-18(27)17-21-10-22-24-17/h3,6,9-12,14H,1-2,4-5,7-8H2,(H,23,27)(H,21,22,24). The summed E-state index contributed by atoms with van der Waals surface area (Å²) in [6.45, 7) is 0.522. The fourth-order valence-electron chi connectivity index (χ4n) is 3.43. The fourth-order valence-corrected chi connectivity index (χ4v) is 3.71. The maximum atomic E-state index is 13.2. The van der Waals surface area contributed by atoms with E-state index in [0.29, 0.717) is 18.2 Å². The molecule has 0 bridgehead atoms. The van der Waals surface area contributed by atoms with Gasteiger partial charge in [0.2, 0.25) is 12.2 Å². The molecule has 1 aliphatic rings. The Bertz CT molecular complexity index is 778. The van der Waals surface area contributed by atoms with Crippen molar-refractivity contribution in [1.29, 1.82) is 0 Å². The molecule has 9 heteroatoms. The summed E-state index contributed by atoms with van der Waals surface area (Å²) in [5.41, 5.74) is 0.515. The predicted molar refractivity (Wildman–Crippen MR) is 99.0 cm³/mol. The lowest BCUT2D eigenvalue weighted by atomic mass is 9.84. The second-order valence-corrected chi connectivity index (χ2v) is 7.12. The zero-order valence-electron chi connectivity index (χ0n) is 14.7. The summed E-state index contributed by atoms with van der Waals surface area (Å²) in [4.78, 5) is 28.8. The van der Waals surface area contributed by atoms with Gasteiger partial charge >= 0.3 is 0 Å². The van der Waals surface area contributed by atoms with E-state index in [1.807, 2.05) is 0 Å². The molecule has 1 aromatic carbocycles. The number of carbonyl (C=O) groups excluding carboxylic acids is 2. The van der Waals surface area contributed by atoms with Gasteiger partial charge in [0.1, 0.15) is 12.1 Å². The largest absolute Gasteiger partial charge is 0.347 e. The van der Waals surface area contributed by atoms with Crippen molar-refractivity contribution in [2.45, 2.75) is 38.1 Å². The first-order chi connectivity index (χ1) is 13.1. The minimum Gasteiger partial charge on any atom is -0.347 e. The van der Waals surface area contributed by atoms with Gasteiger partial charge in [0, 0.05) is 12.6 Å². The normalized spacial score (nSPS) is 19.5. The number of aromatic nitrogens is 3. The predicted octanol–water partition coefficient (Wildman–Crippen LogP) is 2.94. The van der Waals surface area contributed by atoms with Gasteiger partial charge in [-0.05, 0) is 56.2 Å². The molecular weight excluding hydrogens is 373 g/mol. The Hall–Kier alpha value is -2.48. The number of aromatic amines is 1. The van der Waals surface area contributed by atoms with Crippen LogP contribution in [0.2, 0.25) is 5.02 Å². The van der Waals surface area contributed by atoms with E-state index in [2.05, 4.69) is 20.5 Å². The van der Waals surface area contributed by atoms with Crippen molar-refractivity contribution in [3.8, 4) is 0 Å². The number of rotatable bonds is 7. The Labute approximate surface area is 161 Å². The molecule has 0 saturated heterocycles. The van der Waals surface area contributed by atoms with Crippen LogP contribution in [0.4, 0.5) is 10.1 Å². The van der Waals surface area contributed by atoms with Crippen molar-refractivity contribution in [1.82, 2.24) is 20.5 Å². The molecule has 0 atom stereocenters. The highest BCUT2D eigenvalue weighted by Crippen LogP contribution is 2.30. The number of nitrogens with zero attached hydrogens (tertiary/aromatic N) is 3. The van der Waals surface area contributed by atoms with Gasteiger partial charge < -0.3 is 10.2 Å². The minimum absolute atomic E-state index is 0.118. The van der Waals surface area contributed by atoms with Crippen LogP contribution < -0.4 is 10.2 Å². The van der Waals surface area contributed by atoms with Crippen molar-refractivity contribution in [2.24, 2.45) is 5.92 Å². The molecule has 3 rings (SSSR count). The van der Waals surface area contributed by atoms with Crippen molar-refractivity contribution in [3.63, 3.8) is 0 Å². The van der Waals surface area contributed by atoms with E-state index in [0.717, 1.165) is 38.5 Å². The summed E-state index contributed by atoms with van der Waals surface area (Å²) in [5.74, 6) is 0.00867. The molecule has 0 unspecified atom stereocenters. The molecular formula is C18H21ClFN5O2. The molecule has 2 aromatic rings. The summed E-state index contributed by atoms with van der Waals surface area (Å²) in [6, 6.07) is 4.13. The van der Waals surface area contributed by atoms with Crippen LogP contribution >= 0.6 is 11.6 Å². The molecule has 0 radical (unpaired) electrons. The van der Waals surface area contributed by atoms with Crippen molar-refractivity contribution >= 4 is 29.6 Å². The number of halogens is 2. The maximum absolute atomic E-state index is 13.2. The van der Waals surface area contributed by atoms with Crippen molar-refractivity contribution < 1.29 is 14.0 Å². The zero-order chi connectivity index (χ0) is 19.2. The third-order valence-electron chi connectivity index (χ3n) is 4.94. The number of anilines is 1. The van der Waals surface area contributed by atoms with Crippen LogP contribution in [0.5, 0.6) is 0 Å². The van der Waals surface area contributed by atoms with Gasteiger partial charge in [0.05, 0.1) is 10.7 Å². The number of nitrogens with one attached hydrogen (secondary N) is 2. The molecule has 1 heterocycles. The molecule has 1 aromatic heterocycles. The lowest BCUT2D eigenvalue weighted by molar-refractivity contribution is -0.107. The Morgan fingerprint density at radius 2 is 2.15 bits per heavy atom. The summed E-state index contributed by atoms with van der Waals surface area (Å²) in [7, 11) is 0. The zero-order valence-corrected chi connectivity index (χ0v) is 15.5. The van der Waals surface area contributed by atoms with Crippen LogP contribution in [0.1, 0.15) is 42.7 Å². The van der Waals surface area contributed by atoms with Crippen LogP contribution in [0, 0.1) is 11.7 Å². The second kappa shape index (κ2) is 8.94. The van der Waals surface area contributed by atoms with Gasteiger partial charge in [-0.2, -0.15) is 5.10 Å². The summed E-state index contributed by atoms with van der Waals surface area (Å²) >= 11 is 6.04. The number of hydrogen-bond acceptors (Lipinski definition) is 4. The van der Waals surface area contributed by atoms with Crippen LogP contribution in [0.15, 0.2) is 24.5 Å². The lowest BCUT2D eigenvalue weighted by Gasteiger charge is -2.30. The molecule has 1 saturated carbocycles. The smallest absolute Gasteiger partial charge is 0.288 e. The summed E-state index contributed by atoms with van der Waals surface area (Å²) in [6.07, 6.45) is 6.54. The molecule has 1 fully saturated rings. The number of hydrogen-bond donors (Lipinski definition) is 2. The minimum atomic E-state index is -0.430. The molecule has 144 valence electrons. The second-order valence-electron chi connectivity index (χ2n) is 6.71. The Morgan fingerprint density at radius 1 is 1.37 bits per heavy atom. The number of benzene rings is 1. The summed E-state index contributed by atoms with van der Waals surface area (Å²) < 4.78 is 13.2. The topological polar surface area (TPSA) is 91.0 Å². The first kappa shape index (κ1) is 19.3. The van der Waals surface area contributed by atoms with Crippen LogP contribution in [-0.2, 0) is 4.79 Å². The van der Waals surface area contributed by atoms with E-state index >= 15 is 0 Å². The Balaban J connectivity index is 1.46. The van der Waals surface area contributed by atoms with Gasteiger partial charge in [0.15, 0.2) is 0 Å².